The topological polar surface area (TPSA) is 29.5 Å². The second-order valence-corrected chi connectivity index (χ2v) is 2.86. The normalized spacial score (nSPS) is 11.2. The predicted molar refractivity (Wildman–Crippen MR) is 53.8 cm³/mol. The van der Waals surface area contributed by atoms with E-state index in [9.17, 15) is 8.78 Å². The van der Waals surface area contributed by atoms with Crippen LogP contribution in [-0.2, 0) is 0 Å². The number of halogens is 2. The minimum absolute atomic E-state index is 0.100. The summed E-state index contributed by atoms with van der Waals surface area (Å²) in [5.74, 6) is 0.143. The molecule has 15 heavy (non-hydrogen) atoms. The van der Waals surface area contributed by atoms with Crippen molar-refractivity contribution >= 4 is 6.08 Å². The molecule has 0 bridgehead atoms. The van der Waals surface area contributed by atoms with E-state index in [0.29, 0.717) is 6.42 Å². The van der Waals surface area contributed by atoms with Crippen LogP contribution in [0.5, 0.6) is 5.75 Å². The summed E-state index contributed by atoms with van der Waals surface area (Å²) in [4.78, 5) is 0. The number of ether oxygens (including phenoxy) is 1. The zero-order valence-corrected chi connectivity index (χ0v) is 8.07. The molecule has 0 unspecified atom stereocenters. The van der Waals surface area contributed by atoms with Crippen molar-refractivity contribution in [3.63, 3.8) is 0 Å². The van der Waals surface area contributed by atoms with Gasteiger partial charge in [0.2, 0.25) is 0 Å². The molecule has 0 saturated carbocycles. The van der Waals surface area contributed by atoms with Gasteiger partial charge in [-0.2, -0.15) is 8.78 Å². The van der Waals surface area contributed by atoms with E-state index in [1.165, 1.54) is 12.1 Å². The zero-order chi connectivity index (χ0) is 11.1. The minimum atomic E-state index is -2.79. The smallest absolute Gasteiger partial charge is 0.387 e. The molecule has 1 aromatic carbocycles. The van der Waals surface area contributed by atoms with Crippen molar-refractivity contribution in [1.82, 2.24) is 0 Å². The third-order valence-corrected chi connectivity index (χ3v) is 1.71. The Kier molecular flexibility index (Phi) is 4.77. The van der Waals surface area contributed by atoms with Crippen LogP contribution in [0.4, 0.5) is 8.78 Å². The lowest BCUT2D eigenvalue weighted by molar-refractivity contribution is -0.0498. The molecule has 0 spiro atoms. The Morgan fingerprint density at radius 2 is 1.93 bits per heavy atom. The zero-order valence-electron chi connectivity index (χ0n) is 8.07. The van der Waals surface area contributed by atoms with Gasteiger partial charge in [0, 0.05) is 6.61 Å². The van der Waals surface area contributed by atoms with Crippen LogP contribution in [0, 0.1) is 0 Å². The van der Waals surface area contributed by atoms with Gasteiger partial charge in [-0.05, 0) is 24.1 Å². The average Bonchev–Trinajstić information content (AvgIpc) is 2.20. The number of rotatable bonds is 5. The average molecular weight is 214 g/mol. The molecular formula is C11H12F2O2. The number of benzene rings is 1. The molecule has 0 aromatic heterocycles. The van der Waals surface area contributed by atoms with E-state index < -0.39 is 6.61 Å². The summed E-state index contributed by atoms with van der Waals surface area (Å²) in [6.07, 6.45) is 4.20. The molecular weight excluding hydrogens is 202 g/mol. The van der Waals surface area contributed by atoms with Crippen LogP contribution in [0.15, 0.2) is 30.3 Å². The number of hydrogen-bond donors (Lipinski definition) is 1. The summed E-state index contributed by atoms with van der Waals surface area (Å²) < 4.78 is 27.8. The Balaban J connectivity index is 2.56. The Bertz CT molecular complexity index is 307. The van der Waals surface area contributed by atoms with E-state index in [1.54, 1.807) is 12.1 Å². The van der Waals surface area contributed by atoms with Crippen molar-refractivity contribution in [1.29, 1.82) is 0 Å². The third kappa shape index (κ3) is 4.56. The molecule has 0 atom stereocenters. The van der Waals surface area contributed by atoms with Crippen LogP contribution in [0.2, 0.25) is 0 Å². The molecule has 0 aliphatic rings. The van der Waals surface area contributed by atoms with Crippen molar-refractivity contribution < 1.29 is 18.6 Å². The van der Waals surface area contributed by atoms with Gasteiger partial charge in [0.15, 0.2) is 0 Å². The van der Waals surface area contributed by atoms with Crippen molar-refractivity contribution in [2.45, 2.75) is 13.0 Å². The van der Waals surface area contributed by atoms with Crippen molar-refractivity contribution in [3.05, 3.63) is 35.9 Å². The Morgan fingerprint density at radius 3 is 2.47 bits per heavy atom. The van der Waals surface area contributed by atoms with E-state index >= 15 is 0 Å². The van der Waals surface area contributed by atoms with Crippen LogP contribution in [0.25, 0.3) is 6.08 Å². The largest absolute Gasteiger partial charge is 0.435 e. The van der Waals surface area contributed by atoms with Crippen LogP contribution in [0.1, 0.15) is 12.0 Å². The van der Waals surface area contributed by atoms with Crippen molar-refractivity contribution in [2.75, 3.05) is 6.61 Å². The van der Waals surface area contributed by atoms with Gasteiger partial charge in [0.05, 0.1) is 0 Å². The molecule has 0 saturated heterocycles. The molecule has 1 rings (SSSR count). The maximum absolute atomic E-state index is 11.8. The Labute approximate surface area is 86.8 Å². The molecule has 4 heteroatoms. The Hall–Kier alpha value is -1.42. The summed E-state index contributed by atoms with van der Waals surface area (Å²) in [7, 11) is 0. The van der Waals surface area contributed by atoms with Crippen LogP contribution in [0.3, 0.4) is 0 Å². The molecule has 1 aromatic rings. The number of aliphatic hydroxyl groups excluding tert-OH is 1. The summed E-state index contributed by atoms with van der Waals surface area (Å²) >= 11 is 0. The first-order valence-corrected chi connectivity index (χ1v) is 4.54. The summed E-state index contributed by atoms with van der Waals surface area (Å²) in [6.45, 7) is -2.69. The van der Waals surface area contributed by atoms with Gasteiger partial charge < -0.3 is 9.84 Å². The lowest BCUT2D eigenvalue weighted by Crippen LogP contribution is -2.01. The van der Waals surface area contributed by atoms with E-state index in [4.69, 9.17) is 5.11 Å². The quantitative estimate of drug-likeness (QED) is 0.816. The molecule has 0 aliphatic heterocycles. The van der Waals surface area contributed by atoms with Crippen molar-refractivity contribution in [2.24, 2.45) is 0 Å². The van der Waals surface area contributed by atoms with E-state index in [-0.39, 0.29) is 12.4 Å². The SMILES string of the molecule is OCCC=Cc1ccc(OC(F)F)cc1. The van der Waals surface area contributed by atoms with Gasteiger partial charge in [-0.15, -0.1) is 0 Å². The van der Waals surface area contributed by atoms with Gasteiger partial charge in [-0.3, -0.25) is 0 Å². The van der Waals surface area contributed by atoms with Crippen LogP contribution >= 0.6 is 0 Å². The highest BCUT2D eigenvalue weighted by atomic mass is 19.3. The molecule has 2 nitrogen and oxygen atoms in total. The number of aliphatic hydroxyl groups is 1. The van der Waals surface area contributed by atoms with Gasteiger partial charge in [-0.1, -0.05) is 24.3 Å². The van der Waals surface area contributed by atoms with E-state index in [0.717, 1.165) is 5.56 Å². The summed E-state index contributed by atoms with van der Waals surface area (Å²) in [6, 6.07) is 6.30. The molecule has 0 aliphatic carbocycles. The second kappa shape index (κ2) is 6.14. The lowest BCUT2D eigenvalue weighted by atomic mass is 10.2. The molecule has 82 valence electrons. The number of alkyl halides is 2. The fraction of sp³-hybridized carbons (Fsp3) is 0.273. The first-order chi connectivity index (χ1) is 7.22. The minimum Gasteiger partial charge on any atom is -0.435 e. The maximum Gasteiger partial charge on any atom is 0.387 e. The maximum atomic E-state index is 11.8. The molecule has 0 fully saturated rings. The lowest BCUT2D eigenvalue weighted by Gasteiger charge is -2.03. The molecule has 0 heterocycles. The fourth-order valence-corrected chi connectivity index (χ4v) is 1.05. The molecule has 0 radical (unpaired) electrons. The molecule has 0 amide bonds. The van der Waals surface area contributed by atoms with Gasteiger partial charge >= 0.3 is 6.61 Å². The van der Waals surface area contributed by atoms with Crippen LogP contribution < -0.4 is 4.74 Å². The van der Waals surface area contributed by atoms with Gasteiger partial charge in [-0.25, -0.2) is 0 Å². The monoisotopic (exact) mass is 214 g/mol. The van der Waals surface area contributed by atoms with E-state index in [1.807, 2.05) is 12.2 Å². The number of hydrogen-bond acceptors (Lipinski definition) is 2. The second-order valence-electron chi connectivity index (χ2n) is 2.86. The fourth-order valence-electron chi connectivity index (χ4n) is 1.05. The third-order valence-electron chi connectivity index (χ3n) is 1.71. The van der Waals surface area contributed by atoms with Crippen molar-refractivity contribution in [3.8, 4) is 5.75 Å². The first kappa shape index (κ1) is 11.7. The highest BCUT2D eigenvalue weighted by molar-refractivity contribution is 5.50. The van der Waals surface area contributed by atoms with E-state index in [2.05, 4.69) is 4.74 Å². The van der Waals surface area contributed by atoms with Gasteiger partial charge in [0.1, 0.15) is 5.75 Å². The van der Waals surface area contributed by atoms with Crippen LogP contribution in [-0.4, -0.2) is 18.3 Å². The highest BCUT2D eigenvalue weighted by Crippen LogP contribution is 2.15. The predicted octanol–water partition coefficient (Wildman–Crippen LogP) is 2.68. The summed E-state index contributed by atoms with van der Waals surface area (Å²) in [5.41, 5.74) is 0.880. The standard InChI is InChI=1S/C11H12F2O2/c12-11(13)15-10-6-4-9(5-7-10)3-1-2-8-14/h1,3-7,11,14H,2,8H2. The molecule has 1 N–H and O–H groups in total. The summed E-state index contributed by atoms with van der Waals surface area (Å²) in [5, 5.41) is 8.53. The van der Waals surface area contributed by atoms with Gasteiger partial charge in [0.25, 0.3) is 0 Å². The highest BCUT2D eigenvalue weighted by Gasteiger charge is 2.02. The Morgan fingerprint density at radius 1 is 1.27 bits per heavy atom. The first-order valence-electron chi connectivity index (χ1n) is 4.54.